The molecule has 14 nitrogen and oxygen atoms in total. The van der Waals surface area contributed by atoms with Crippen LogP contribution in [0, 0.1) is 0 Å². The normalized spacial score (nSPS) is 17.3. The highest BCUT2D eigenvalue weighted by Gasteiger charge is 2.26. The van der Waals surface area contributed by atoms with E-state index in [0.717, 1.165) is 52.4 Å². The fourth-order valence-electron chi connectivity index (χ4n) is 3.79. The van der Waals surface area contributed by atoms with Crippen molar-refractivity contribution in [1.82, 2.24) is 15.1 Å². The SMILES string of the molecule is CNC(=O)Oc1cccc(C2CCCN2CCN2CCOCC2)c1.O=C(O)/C=C/C(=O)O.O=C(O)/C=C/C(=O)O. The molecule has 1 unspecified atom stereocenters. The summed E-state index contributed by atoms with van der Waals surface area (Å²) < 4.78 is 10.7. The number of aliphatic carboxylic acids is 4. The number of carbonyl (C=O) groups excluding carboxylic acids is 1. The molecule has 0 saturated carbocycles. The molecule has 2 saturated heterocycles. The number of carboxylic acids is 4. The molecule has 2 fully saturated rings. The van der Waals surface area contributed by atoms with Crippen molar-refractivity contribution in [3.63, 3.8) is 0 Å². The van der Waals surface area contributed by atoms with Gasteiger partial charge in [0.25, 0.3) is 0 Å². The average Bonchev–Trinajstić information content (AvgIpc) is 3.40. The lowest BCUT2D eigenvalue weighted by Crippen LogP contribution is -2.41. The Morgan fingerprint density at radius 2 is 1.45 bits per heavy atom. The van der Waals surface area contributed by atoms with Gasteiger partial charge in [-0.1, -0.05) is 12.1 Å². The first kappa shape index (κ1) is 33.8. The summed E-state index contributed by atoms with van der Waals surface area (Å²) in [7, 11) is 1.57. The van der Waals surface area contributed by atoms with E-state index in [9.17, 15) is 24.0 Å². The summed E-state index contributed by atoms with van der Waals surface area (Å²) in [4.78, 5) is 54.6. The molecule has 1 atom stereocenters. The minimum atomic E-state index is -1.26. The molecular formula is C26H35N3O11. The lowest BCUT2D eigenvalue weighted by atomic mass is 10.0. The van der Waals surface area contributed by atoms with Crippen LogP contribution in [0.2, 0.25) is 0 Å². The predicted molar refractivity (Wildman–Crippen MR) is 141 cm³/mol. The van der Waals surface area contributed by atoms with Crippen molar-refractivity contribution in [2.45, 2.75) is 18.9 Å². The summed E-state index contributed by atoms with van der Waals surface area (Å²) in [5, 5.41) is 33.7. The van der Waals surface area contributed by atoms with Gasteiger partial charge in [0.05, 0.1) is 13.2 Å². The lowest BCUT2D eigenvalue weighted by molar-refractivity contribution is -0.134. The van der Waals surface area contributed by atoms with Crippen LogP contribution in [0.25, 0.3) is 0 Å². The Hall–Kier alpha value is -4.27. The Balaban J connectivity index is 0.000000412. The number of hydrogen-bond acceptors (Lipinski definition) is 9. The first-order chi connectivity index (χ1) is 19.0. The van der Waals surface area contributed by atoms with Gasteiger partial charge in [0, 0.05) is 63.6 Å². The Morgan fingerprint density at radius 1 is 0.900 bits per heavy atom. The Kier molecular flexibility index (Phi) is 15.9. The van der Waals surface area contributed by atoms with Crippen molar-refractivity contribution in [2.75, 3.05) is 53.0 Å². The molecule has 14 heteroatoms. The van der Waals surface area contributed by atoms with Gasteiger partial charge in [-0.25, -0.2) is 24.0 Å². The largest absolute Gasteiger partial charge is 0.478 e. The zero-order valence-electron chi connectivity index (χ0n) is 22.1. The van der Waals surface area contributed by atoms with Gasteiger partial charge in [-0.3, -0.25) is 9.80 Å². The van der Waals surface area contributed by atoms with Crippen LogP contribution in [0.3, 0.4) is 0 Å². The summed E-state index contributed by atoms with van der Waals surface area (Å²) in [6.07, 6.45) is 4.18. The third kappa shape index (κ3) is 15.2. The lowest BCUT2D eigenvalue weighted by Gasteiger charge is -2.31. The van der Waals surface area contributed by atoms with Crippen LogP contribution in [0.15, 0.2) is 48.6 Å². The molecule has 40 heavy (non-hydrogen) atoms. The molecule has 0 aliphatic carbocycles. The van der Waals surface area contributed by atoms with Crippen LogP contribution in [0.4, 0.5) is 4.79 Å². The molecule has 220 valence electrons. The fraction of sp³-hybridized carbons (Fsp3) is 0.423. The second-order valence-electron chi connectivity index (χ2n) is 8.38. The molecule has 2 heterocycles. The van der Waals surface area contributed by atoms with Gasteiger partial charge in [0.1, 0.15) is 5.75 Å². The number of hydrogen-bond donors (Lipinski definition) is 5. The maximum Gasteiger partial charge on any atom is 0.412 e. The van der Waals surface area contributed by atoms with E-state index in [0.29, 0.717) is 36.1 Å². The third-order valence-electron chi connectivity index (χ3n) is 5.57. The van der Waals surface area contributed by atoms with Crippen LogP contribution >= 0.6 is 0 Å². The van der Waals surface area contributed by atoms with E-state index in [-0.39, 0.29) is 0 Å². The zero-order chi connectivity index (χ0) is 29.9. The summed E-state index contributed by atoms with van der Waals surface area (Å²) in [6.45, 7) is 7.07. The second-order valence-corrected chi connectivity index (χ2v) is 8.38. The molecule has 2 aliphatic heterocycles. The van der Waals surface area contributed by atoms with Crippen LogP contribution in [-0.2, 0) is 23.9 Å². The molecule has 5 N–H and O–H groups in total. The van der Waals surface area contributed by atoms with Gasteiger partial charge >= 0.3 is 30.0 Å². The van der Waals surface area contributed by atoms with E-state index in [4.69, 9.17) is 29.9 Å². The smallest absolute Gasteiger partial charge is 0.412 e. The molecule has 1 amide bonds. The van der Waals surface area contributed by atoms with E-state index in [1.807, 2.05) is 18.2 Å². The van der Waals surface area contributed by atoms with Crippen molar-refractivity contribution in [1.29, 1.82) is 0 Å². The van der Waals surface area contributed by atoms with Crippen molar-refractivity contribution in [2.24, 2.45) is 0 Å². The number of nitrogens with zero attached hydrogens (tertiary/aromatic N) is 2. The number of rotatable bonds is 9. The van der Waals surface area contributed by atoms with E-state index < -0.39 is 30.0 Å². The molecule has 0 radical (unpaired) electrons. The van der Waals surface area contributed by atoms with E-state index in [1.165, 1.54) is 12.0 Å². The number of morpholine rings is 1. The quantitative estimate of drug-likeness (QED) is 0.268. The highest BCUT2D eigenvalue weighted by molar-refractivity contribution is 5.90. The first-order valence-corrected chi connectivity index (χ1v) is 12.3. The van der Waals surface area contributed by atoms with Gasteiger partial charge in [-0.05, 0) is 37.1 Å². The summed E-state index contributed by atoms with van der Waals surface area (Å²) in [6, 6.07) is 8.33. The molecule has 1 aromatic rings. The maximum absolute atomic E-state index is 11.4. The third-order valence-corrected chi connectivity index (χ3v) is 5.57. The number of amides is 1. The molecule has 2 aliphatic rings. The van der Waals surface area contributed by atoms with Gasteiger partial charge in [-0.15, -0.1) is 0 Å². The molecule has 0 bridgehead atoms. The fourth-order valence-corrected chi connectivity index (χ4v) is 3.79. The summed E-state index contributed by atoms with van der Waals surface area (Å²) in [5.74, 6) is -4.42. The van der Waals surface area contributed by atoms with E-state index >= 15 is 0 Å². The van der Waals surface area contributed by atoms with Crippen molar-refractivity contribution >= 4 is 30.0 Å². The average molecular weight is 566 g/mol. The van der Waals surface area contributed by atoms with Crippen LogP contribution in [0.1, 0.15) is 24.4 Å². The molecule has 1 aromatic carbocycles. The minimum absolute atomic E-state index is 0.416. The molecule has 3 rings (SSSR count). The first-order valence-electron chi connectivity index (χ1n) is 12.3. The molecular weight excluding hydrogens is 530 g/mol. The number of likely N-dealkylation sites (tertiary alicyclic amines) is 1. The maximum atomic E-state index is 11.4. The Bertz CT molecular complexity index is 986. The van der Waals surface area contributed by atoms with Gasteiger partial charge in [-0.2, -0.15) is 0 Å². The van der Waals surface area contributed by atoms with Crippen LogP contribution in [0.5, 0.6) is 5.75 Å². The van der Waals surface area contributed by atoms with E-state index in [2.05, 4.69) is 21.2 Å². The number of carbonyl (C=O) groups is 5. The molecule has 0 aromatic heterocycles. The highest BCUT2D eigenvalue weighted by Crippen LogP contribution is 2.33. The van der Waals surface area contributed by atoms with Gasteiger partial charge < -0.3 is 35.2 Å². The standard InChI is InChI=1S/C18H27N3O3.2C4H4O4/c1-19-18(22)24-16-5-2-4-15(14-16)17-6-3-7-21(17)9-8-20-10-12-23-13-11-20;2*5-3(6)1-2-4(7)8/h2,4-5,14,17H,3,6-13H2,1H3,(H,19,22);2*1-2H,(H,5,6)(H,7,8)/b;2*2-1+. The zero-order valence-corrected chi connectivity index (χ0v) is 22.1. The van der Waals surface area contributed by atoms with Crippen molar-refractivity contribution in [3.8, 4) is 5.75 Å². The number of ether oxygens (including phenoxy) is 2. The topological polar surface area (TPSA) is 203 Å². The van der Waals surface area contributed by atoms with Crippen LogP contribution in [-0.4, -0.2) is 113 Å². The summed E-state index contributed by atoms with van der Waals surface area (Å²) in [5.41, 5.74) is 1.23. The molecule has 0 spiro atoms. The monoisotopic (exact) mass is 565 g/mol. The van der Waals surface area contributed by atoms with Crippen molar-refractivity contribution in [3.05, 3.63) is 54.1 Å². The highest BCUT2D eigenvalue weighted by atomic mass is 16.6. The van der Waals surface area contributed by atoms with E-state index in [1.54, 1.807) is 7.05 Å². The van der Waals surface area contributed by atoms with Gasteiger partial charge in [0.15, 0.2) is 0 Å². The minimum Gasteiger partial charge on any atom is -0.478 e. The number of benzene rings is 1. The number of nitrogens with one attached hydrogen (secondary N) is 1. The Labute approximate surface area is 231 Å². The summed E-state index contributed by atoms with van der Waals surface area (Å²) >= 11 is 0. The van der Waals surface area contributed by atoms with Crippen molar-refractivity contribution < 1.29 is 53.9 Å². The second kappa shape index (κ2) is 18.9. The number of carboxylic acid groups (broad SMARTS) is 4. The van der Waals surface area contributed by atoms with Crippen LogP contribution < -0.4 is 10.1 Å². The predicted octanol–water partition coefficient (Wildman–Crippen LogP) is 1.30. The van der Waals surface area contributed by atoms with Gasteiger partial charge in [0.2, 0.25) is 0 Å². The Morgan fingerprint density at radius 3 is 1.95 bits per heavy atom.